The van der Waals surface area contributed by atoms with E-state index in [0.29, 0.717) is 46.7 Å². The van der Waals surface area contributed by atoms with Crippen molar-refractivity contribution >= 4 is 23.2 Å². The molecule has 0 atom stereocenters. The van der Waals surface area contributed by atoms with E-state index in [1.165, 1.54) is 7.11 Å². The third-order valence-electron chi connectivity index (χ3n) is 3.42. The number of fused-ring (bicyclic) bond motifs is 1. The average molecular weight is 334 g/mol. The monoisotopic (exact) mass is 333 g/mol. The van der Waals surface area contributed by atoms with Crippen LogP contribution in [-0.2, 0) is 0 Å². The molecule has 2 aromatic carbocycles. The van der Waals surface area contributed by atoms with Gasteiger partial charge in [-0.1, -0.05) is 11.6 Å². The first-order valence-corrected chi connectivity index (χ1v) is 7.60. The van der Waals surface area contributed by atoms with Gasteiger partial charge in [0.15, 0.2) is 11.5 Å². The summed E-state index contributed by atoms with van der Waals surface area (Å²) < 4.78 is 16.2. The van der Waals surface area contributed by atoms with Crippen molar-refractivity contribution in [3.05, 3.63) is 47.0 Å². The van der Waals surface area contributed by atoms with Crippen molar-refractivity contribution in [2.75, 3.05) is 25.6 Å². The molecule has 0 bridgehead atoms. The van der Waals surface area contributed by atoms with E-state index in [-0.39, 0.29) is 5.91 Å². The number of benzene rings is 2. The quantitative estimate of drug-likeness (QED) is 0.929. The first-order chi connectivity index (χ1) is 11.2. The fourth-order valence-corrected chi connectivity index (χ4v) is 2.51. The van der Waals surface area contributed by atoms with Crippen LogP contribution in [-0.4, -0.2) is 26.2 Å². The Morgan fingerprint density at radius 2 is 1.91 bits per heavy atom. The van der Waals surface area contributed by atoms with Crippen LogP contribution in [0.15, 0.2) is 36.4 Å². The van der Waals surface area contributed by atoms with Crippen molar-refractivity contribution in [3.8, 4) is 17.2 Å². The predicted molar refractivity (Wildman–Crippen MR) is 88.0 cm³/mol. The Hall–Kier alpha value is -2.40. The van der Waals surface area contributed by atoms with Gasteiger partial charge in [-0.2, -0.15) is 0 Å². The summed E-state index contributed by atoms with van der Waals surface area (Å²) in [5.41, 5.74) is 1.08. The molecule has 3 rings (SSSR count). The van der Waals surface area contributed by atoms with E-state index in [4.69, 9.17) is 25.8 Å². The van der Waals surface area contributed by atoms with Gasteiger partial charge in [-0.05, 0) is 36.4 Å². The van der Waals surface area contributed by atoms with Crippen LogP contribution in [0.4, 0.5) is 5.69 Å². The highest BCUT2D eigenvalue weighted by Gasteiger charge is 2.14. The van der Waals surface area contributed by atoms with Crippen LogP contribution in [0.1, 0.15) is 16.8 Å². The van der Waals surface area contributed by atoms with Gasteiger partial charge in [-0.25, -0.2) is 0 Å². The van der Waals surface area contributed by atoms with Gasteiger partial charge in [0.25, 0.3) is 5.91 Å². The zero-order chi connectivity index (χ0) is 16.2. The molecule has 0 spiro atoms. The lowest BCUT2D eigenvalue weighted by Crippen LogP contribution is -2.12. The second kappa shape index (κ2) is 6.79. The maximum atomic E-state index is 12.4. The molecule has 0 saturated carbocycles. The maximum Gasteiger partial charge on any atom is 0.255 e. The van der Waals surface area contributed by atoms with Crippen LogP contribution in [0.2, 0.25) is 5.02 Å². The van der Waals surface area contributed by atoms with Crippen LogP contribution >= 0.6 is 11.6 Å². The van der Waals surface area contributed by atoms with E-state index in [1.54, 1.807) is 36.4 Å². The Labute approximate surface area is 139 Å². The summed E-state index contributed by atoms with van der Waals surface area (Å²) in [6.07, 6.45) is 0.820. The number of carbonyl (C=O) groups is 1. The summed E-state index contributed by atoms with van der Waals surface area (Å²) in [5.74, 6) is 1.55. The zero-order valence-electron chi connectivity index (χ0n) is 12.6. The third-order valence-corrected chi connectivity index (χ3v) is 3.71. The highest BCUT2D eigenvalue weighted by Crippen LogP contribution is 2.31. The van der Waals surface area contributed by atoms with Gasteiger partial charge in [0.2, 0.25) is 0 Å². The van der Waals surface area contributed by atoms with Gasteiger partial charge in [0, 0.05) is 17.7 Å². The lowest BCUT2D eigenvalue weighted by atomic mass is 10.2. The van der Waals surface area contributed by atoms with Crippen LogP contribution in [0.5, 0.6) is 17.2 Å². The molecule has 0 fully saturated rings. The van der Waals surface area contributed by atoms with E-state index >= 15 is 0 Å². The van der Waals surface area contributed by atoms with Gasteiger partial charge in [0.1, 0.15) is 5.75 Å². The predicted octanol–water partition coefficient (Wildman–Crippen LogP) is 3.76. The van der Waals surface area contributed by atoms with E-state index in [1.807, 2.05) is 0 Å². The minimum atomic E-state index is -0.248. The van der Waals surface area contributed by atoms with E-state index in [9.17, 15) is 4.79 Å². The van der Waals surface area contributed by atoms with Crippen LogP contribution < -0.4 is 19.5 Å². The SMILES string of the molecule is COc1ccc(NC(=O)c2ccc3c(c2)OCCCO3)cc1Cl. The topological polar surface area (TPSA) is 56.8 Å². The van der Waals surface area contributed by atoms with E-state index in [2.05, 4.69) is 5.32 Å². The number of amides is 1. The molecule has 1 heterocycles. The van der Waals surface area contributed by atoms with Gasteiger partial charge >= 0.3 is 0 Å². The van der Waals surface area contributed by atoms with Crippen LogP contribution in [0.25, 0.3) is 0 Å². The molecule has 0 unspecified atom stereocenters. The summed E-state index contributed by atoms with van der Waals surface area (Å²) in [4.78, 5) is 12.4. The summed E-state index contributed by atoms with van der Waals surface area (Å²) in [6.45, 7) is 1.19. The Morgan fingerprint density at radius 3 is 2.65 bits per heavy atom. The largest absolute Gasteiger partial charge is 0.495 e. The van der Waals surface area contributed by atoms with Gasteiger partial charge < -0.3 is 19.5 Å². The molecule has 6 heteroatoms. The van der Waals surface area contributed by atoms with Gasteiger partial charge in [-0.15, -0.1) is 0 Å². The third kappa shape index (κ3) is 3.51. The Bertz CT molecular complexity index is 733. The number of methoxy groups -OCH3 is 1. The molecule has 120 valence electrons. The fourth-order valence-electron chi connectivity index (χ4n) is 2.25. The first kappa shape index (κ1) is 15.5. The maximum absolute atomic E-state index is 12.4. The molecule has 2 aromatic rings. The summed E-state index contributed by atoms with van der Waals surface area (Å²) in [6, 6.07) is 10.2. The van der Waals surface area contributed by atoms with Crippen molar-refractivity contribution in [2.24, 2.45) is 0 Å². The Balaban J connectivity index is 1.78. The van der Waals surface area contributed by atoms with Gasteiger partial charge in [0.05, 0.1) is 25.3 Å². The van der Waals surface area contributed by atoms with Crippen molar-refractivity contribution in [1.82, 2.24) is 0 Å². The number of halogens is 1. The second-order valence-electron chi connectivity index (χ2n) is 5.02. The Morgan fingerprint density at radius 1 is 1.13 bits per heavy atom. The molecule has 0 aromatic heterocycles. The van der Waals surface area contributed by atoms with E-state index in [0.717, 1.165) is 6.42 Å². The molecule has 1 N–H and O–H groups in total. The minimum Gasteiger partial charge on any atom is -0.495 e. The normalized spacial score (nSPS) is 13.1. The fraction of sp³-hybridized carbons (Fsp3) is 0.235. The molecule has 5 nitrogen and oxygen atoms in total. The molecule has 0 saturated heterocycles. The smallest absolute Gasteiger partial charge is 0.255 e. The highest BCUT2D eigenvalue weighted by molar-refractivity contribution is 6.32. The molecular weight excluding hydrogens is 318 g/mol. The number of rotatable bonds is 3. The molecule has 1 aliphatic rings. The number of hydrogen-bond donors (Lipinski definition) is 1. The number of nitrogens with one attached hydrogen (secondary N) is 1. The van der Waals surface area contributed by atoms with Crippen molar-refractivity contribution in [3.63, 3.8) is 0 Å². The zero-order valence-corrected chi connectivity index (χ0v) is 13.4. The Kier molecular flexibility index (Phi) is 4.57. The minimum absolute atomic E-state index is 0.248. The van der Waals surface area contributed by atoms with Gasteiger partial charge in [-0.3, -0.25) is 4.79 Å². The van der Waals surface area contributed by atoms with Crippen molar-refractivity contribution in [2.45, 2.75) is 6.42 Å². The molecular formula is C17H16ClNO4. The lowest BCUT2D eigenvalue weighted by molar-refractivity contribution is 0.102. The van der Waals surface area contributed by atoms with Crippen molar-refractivity contribution < 1.29 is 19.0 Å². The average Bonchev–Trinajstić information content (AvgIpc) is 2.79. The number of ether oxygens (including phenoxy) is 3. The highest BCUT2D eigenvalue weighted by atomic mass is 35.5. The number of anilines is 1. The molecule has 0 aliphatic carbocycles. The van der Waals surface area contributed by atoms with Crippen LogP contribution in [0, 0.1) is 0 Å². The molecule has 1 amide bonds. The summed E-state index contributed by atoms with van der Waals surface area (Å²) in [5, 5.41) is 3.23. The van der Waals surface area contributed by atoms with Crippen LogP contribution in [0.3, 0.4) is 0 Å². The summed E-state index contributed by atoms with van der Waals surface area (Å²) in [7, 11) is 1.54. The van der Waals surface area contributed by atoms with Crippen molar-refractivity contribution in [1.29, 1.82) is 0 Å². The molecule has 1 aliphatic heterocycles. The molecule has 23 heavy (non-hydrogen) atoms. The second-order valence-corrected chi connectivity index (χ2v) is 5.42. The first-order valence-electron chi connectivity index (χ1n) is 7.22. The number of hydrogen-bond acceptors (Lipinski definition) is 4. The number of carbonyl (C=O) groups excluding carboxylic acids is 1. The lowest BCUT2D eigenvalue weighted by Gasteiger charge is -2.11. The standard InChI is InChI=1S/C17H16ClNO4/c1-21-14-6-4-12(10-13(14)18)19-17(20)11-3-5-15-16(9-11)23-8-2-7-22-15/h3-6,9-10H,2,7-8H2,1H3,(H,19,20). The molecule has 0 radical (unpaired) electrons. The summed E-state index contributed by atoms with van der Waals surface area (Å²) >= 11 is 6.06. The van der Waals surface area contributed by atoms with E-state index < -0.39 is 0 Å².